The predicted molar refractivity (Wildman–Crippen MR) is 68.1 cm³/mol. The van der Waals surface area contributed by atoms with E-state index in [9.17, 15) is 9.59 Å². The maximum atomic E-state index is 11.4. The van der Waals surface area contributed by atoms with Crippen LogP contribution in [-0.2, 0) is 9.59 Å². The van der Waals surface area contributed by atoms with Gasteiger partial charge in [-0.1, -0.05) is 0 Å². The van der Waals surface area contributed by atoms with Gasteiger partial charge in [-0.15, -0.1) is 0 Å². The van der Waals surface area contributed by atoms with Gasteiger partial charge in [0.05, 0.1) is 6.54 Å². The van der Waals surface area contributed by atoms with Gasteiger partial charge in [0.25, 0.3) is 5.91 Å². The Morgan fingerprint density at radius 1 is 1.28 bits per heavy atom. The highest BCUT2D eigenvalue weighted by molar-refractivity contribution is 5.85. The molecule has 6 heteroatoms. The Bertz CT molecular complexity index is 415. The molecule has 0 aromatic heterocycles. The van der Waals surface area contributed by atoms with Crippen molar-refractivity contribution in [3.05, 3.63) is 24.3 Å². The van der Waals surface area contributed by atoms with Crippen LogP contribution in [0.25, 0.3) is 0 Å². The summed E-state index contributed by atoms with van der Waals surface area (Å²) in [7, 11) is 3.25. The van der Waals surface area contributed by atoms with E-state index in [0.29, 0.717) is 11.4 Å². The molecule has 0 heterocycles. The molecule has 18 heavy (non-hydrogen) atoms. The topological polar surface area (TPSA) is 84.7 Å². The maximum absolute atomic E-state index is 11.4. The molecular formula is C12H17N3O3. The minimum absolute atomic E-state index is 0.0308. The highest BCUT2D eigenvalue weighted by atomic mass is 16.5. The Balaban J connectivity index is 2.29. The first-order valence-electron chi connectivity index (χ1n) is 5.44. The van der Waals surface area contributed by atoms with E-state index >= 15 is 0 Å². The number of hydrogen-bond acceptors (Lipinski definition) is 4. The summed E-state index contributed by atoms with van der Waals surface area (Å²) in [5.41, 5.74) is 6.14. The fourth-order valence-corrected chi connectivity index (χ4v) is 1.10. The van der Waals surface area contributed by atoms with Crippen molar-refractivity contribution < 1.29 is 14.3 Å². The molecular weight excluding hydrogens is 234 g/mol. The van der Waals surface area contributed by atoms with Crippen molar-refractivity contribution in [3.63, 3.8) is 0 Å². The van der Waals surface area contributed by atoms with E-state index < -0.39 is 0 Å². The summed E-state index contributed by atoms with van der Waals surface area (Å²) in [6.45, 7) is -0.165. The van der Waals surface area contributed by atoms with Gasteiger partial charge in [-0.3, -0.25) is 9.59 Å². The van der Waals surface area contributed by atoms with Crippen molar-refractivity contribution in [3.8, 4) is 5.75 Å². The van der Waals surface area contributed by atoms with Crippen LogP contribution in [0.3, 0.4) is 0 Å². The van der Waals surface area contributed by atoms with E-state index in [4.69, 9.17) is 10.5 Å². The third-order valence-electron chi connectivity index (χ3n) is 2.19. The lowest BCUT2D eigenvalue weighted by atomic mass is 10.3. The fourth-order valence-electron chi connectivity index (χ4n) is 1.10. The fraction of sp³-hybridized carbons (Fsp3) is 0.333. The number of ether oxygens (including phenoxy) is 1. The average molecular weight is 251 g/mol. The number of carbonyl (C=O) groups is 2. The summed E-state index contributed by atoms with van der Waals surface area (Å²) < 4.78 is 5.22. The molecule has 1 aromatic carbocycles. The van der Waals surface area contributed by atoms with Gasteiger partial charge in [0.15, 0.2) is 6.61 Å². The van der Waals surface area contributed by atoms with E-state index in [1.165, 1.54) is 4.90 Å². The molecule has 0 bridgehead atoms. The highest BCUT2D eigenvalue weighted by Gasteiger charge is 2.07. The van der Waals surface area contributed by atoms with Gasteiger partial charge in [-0.05, 0) is 24.3 Å². The second kappa shape index (κ2) is 6.48. The number of rotatable bonds is 5. The SMILES string of the molecule is CN(C)C(=O)CNC(=O)COc1ccc(N)cc1. The normalized spacial score (nSPS) is 9.67. The van der Waals surface area contributed by atoms with Crippen LogP contribution in [0.2, 0.25) is 0 Å². The molecule has 3 N–H and O–H groups in total. The summed E-state index contributed by atoms with van der Waals surface area (Å²) in [5, 5.41) is 2.47. The number of likely N-dealkylation sites (N-methyl/N-ethyl adjacent to an activating group) is 1. The van der Waals surface area contributed by atoms with Gasteiger partial charge in [-0.25, -0.2) is 0 Å². The highest BCUT2D eigenvalue weighted by Crippen LogP contribution is 2.12. The Morgan fingerprint density at radius 3 is 2.44 bits per heavy atom. The number of amides is 2. The van der Waals surface area contributed by atoms with E-state index in [0.717, 1.165) is 0 Å². The van der Waals surface area contributed by atoms with Crippen molar-refractivity contribution in [1.82, 2.24) is 10.2 Å². The van der Waals surface area contributed by atoms with Crippen molar-refractivity contribution in [1.29, 1.82) is 0 Å². The van der Waals surface area contributed by atoms with Crippen LogP contribution >= 0.6 is 0 Å². The van der Waals surface area contributed by atoms with Crippen LogP contribution in [-0.4, -0.2) is 44.0 Å². The zero-order chi connectivity index (χ0) is 13.5. The average Bonchev–Trinajstić information content (AvgIpc) is 2.35. The van der Waals surface area contributed by atoms with Crippen LogP contribution < -0.4 is 15.8 Å². The Hall–Kier alpha value is -2.24. The molecule has 0 aliphatic rings. The summed E-state index contributed by atoms with van der Waals surface area (Å²) in [6.07, 6.45) is 0. The van der Waals surface area contributed by atoms with Gasteiger partial charge >= 0.3 is 0 Å². The third kappa shape index (κ3) is 4.73. The minimum atomic E-state index is -0.345. The summed E-state index contributed by atoms with van der Waals surface area (Å²) >= 11 is 0. The van der Waals surface area contributed by atoms with Gasteiger partial charge in [0.1, 0.15) is 5.75 Å². The monoisotopic (exact) mass is 251 g/mol. The van der Waals surface area contributed by atoms with Crippen LogP contribution in [0.4, 0.5) is 5.69 Å². The van der Waals surface area contributed by atoms with Gasteiger partial charge in [0.2, 0.25) is 5.91 Å². The Labute approximate surface area is 106 Å². The van der Waals surface area contributed by atoms with Crippen molar-refractivity contribution in [2.24, 2.45) is 0 Å². The van der Waals surface area contributed by atoms with E-state index in [-0.39, 0.29) is 25.0 Å². The van der Waals surface area contributed by atoms with Crippen molar-refractivity contribution in [2.45, 2.75) is 0 Å². The zero-order valence-electron chi connectivity index (χ0n) is 10.5. The standard InChI is InChI=1S/C12H17N3O3/c1-15(2)12(17)7-14-11(16)8-18-10-5-3-9(13)4-6-10/h3-6H,7-8,13H2,1-2H3,(H,14,16). The quantitative estimate of drug-likeness (QED) is 0.713. The largest absolute Gasteiger partial charge is 0.484 e. The Morgan fingerprint density at radius 2 is 1.89 bits per heavy atom. The summed E-state index contributed by atoms with van der Waals surface area (Å²) in [5.74, 6) is 0.0381. The number of nitrogens with two attached hydrogens (primary N) is 1. The smallest absolute Gasteiger partial charge is 0.258 e. The molecule has 0 unspecified atom stereocenters. The first-order chi connectivity index (χ1) is 8.49. The molecule has 0 fully saturated rings. The first kappa shape index (κ1) is 13.8. The molecule has 2 amide bonds. The maximum Gasteiger partial charge on any atom is 0.258 e. The van der Waals surface area contributed by atoms with Gasteiger partial charge in [-0.2, -0.15) is 0 Å². The molecule has 6 nitrogen and oxygen atoms in total. The zero-order valence-corrected chi connectivity index (χ0v) is 10.5. The lowest BCUT2D eigenvalue weighted by Crippen LogP contribution is -2.38. The number of nitrogen functional groups attached to an aromatic ring is 1. The molecule has 1 aromatic rings. The molecule has 0 aliphatic heterocycles. The van der Waals surface area contributed by atoms with Crippen LogP contribution in [0, 0.1) is 0 Å². The molecule has 0 saturated carbocycles. The van der Waals surface area contributed by atoms with E-state index in [2.05, 4.69) is 5.32 Å². The number of carbonyl (C=O) groups excluding carboxylic acids is 2. The Kier molecular flexibility index (Phi) is 4.98. The summed E-state index contributed by atoms with van der Waals surface area (Å²) in [6, 6.07) is 6.72. The molecule has 0 radical (unpaired) electrons. The number of anilines is 1. The first-order valence-corrected chi connectivity index (χ1v) is 5.44. The number of hydrogen-bond donors (Lipinski definition) is 2. The third-order valence-corrected chi connectivity index (χ3v) is 2.19. The molecule has 0 aliphatic carbocycles. The second-order valence-electron chi connectivity index (χ2n) is 3.92. The van der Waals surface area contributed by atoms with E-state index in [1.54, 1.807) is 38.4 Å². The lowest BCUT2D eigenvalue weighted by Gasteiger charge is -2.11. The van der Waals surface area contributed by atoms with Crippen LogP contribution in [0.15, 0.2) is 24.3 Å². The second-order valence-corrected chi connectivity index (χ2v) is 3.92. The lowest BCUT2D eigenvalue weighted by molar-refractivity contribution is -0.131. The predicted octanol–water partition coefficient (Wildman–Crippen LogP) is -0.148. The molecule has 0 atom stereocenters. The number of nitrogens with zero attached hydrogens (tertiary/aromatic N) is 1. The van der Waals surface area contributed by atoms with Gasteiger partial charge in [0, 0.05) is 19.8 Å². The molecule has 98 valence electrons. The minimum Gasteiger partial charge on any atom is -0.484 e. The van der Waals surface area contributed by atoms with Crippen molar-refractivity contribution in [2.75, 3.05) is 33.0 Å². The van der Waals surface area contributed by atoms with Crippen LogP contribution in [0.1, 0.15) is 0 Å². The van der Waals surface area contributed by atoms with Crippen LogP contribution in [0.5, 0.6) is 5.75 Å². The number of benzene rings is 1. The number of nitrogens with one attached hydrogen (secondary N) is 1. The summed E-state index contributed by atoms with van der Waals surface area (Å²) in [4.78, 5) is 24.0. The molecule has 0 spiro atoms. The van der Waals surface area contributed by atoms with Gasteiger partial charge < -0.3 is 20.7 Å². The van der Waals surface area contributed by atoms with E-state index in [1.807, 2.05) is 0 Å². The van der Waals surface area contributed by atoms with Crippen molar-refractivity contribution >= 4 is 17.5 Å². The molecule has 0 saturated heterocycles. The molecule has 1 rings (SSSR count).